The molecule has 2 aliphatic carbocycles. The summed E-state index contributed by atoms with van der Waals surface area (Å²) >= 11 is 0. The first-order chi connectivity index (χ1) is 9.11. The molecule has 2 unspecified atom stereocenters. The Hall–Kier alpha value is -1.84. The number of hydrogen-bond donors (Lipinski definition) is 2. The molecular formula is C15H18N2O2. The van der Waals surface area contributed by atoms with E-state index in [0.29, 0.717) is 5.69 Å². The Balaban J connectivity index is 1.62. The highest BCUT2D eigenvalue weighted by Crippen LogP contribution is 2.54. The van der Waals surface area contributed by atoms with Gasteiger partial charge in [-0.3, -0.25) is 9.59 Å². The van der Waals surface area contributed by atoms with Gasteiger partial charge in [0.15, 0.2) is 0 Å². The van der Waals surface area contributed by atoms with Crippen molar-refractivity contribution in [1.29, 1.82) is 0 Å². The maximum atomic E-state index is 12.1. The Morgan fingerprint density at radius 3 is 2.32 bits per heavy atom. The first kappa shape index (κ1) is 12.2. The molecule has 2 atom stereocenters. The number of carbonyl (C=O) groups is 2. The average molecular weight is 258 g/mol. The van der Waals surface area contributed by atoms with E-state index in [1.54, 1.807) is 6.07 Å². The van der Waals surface area contributed by atoms with E-state index in [1.807, 2.05) is 18.2 Å². The summed E-state index contributed by atoms with van der Waals surface area (Å²) in [6, 6.07) is 7.27. The predicted octanol–water partition coefficient (Wildman–Crippen LogP) is 2.63. The van der Waals surface area contributed by atoms with Gasteiger partial charge in [0.1, 0.15) is 0 Å². The fourth-order valence-electron chi connectivity index (χ4n) is 3.05. The van der Waals surface area contributed by atoms with Gasteiger partial charge >= 0.3 is 0 Å². The molecule has 0 aromatic heterocycles. The summed E-state index contributed by atoms with van der Waals surface area (Å²) in [5, 5.41) is 5.66. The summed E-state index contributed by atoms with van der Waals surface area (Å²) in [4.78, 5) is 23.1. The molecular weight excluding hydrogens is 240 g/mol. The molecule has 2 N–H and O–H groups in total. The van der Waals surface area contributed by atoms with E-state index in [-0.39, 0.29) is 17.7 Å². The Bertz CT molecular complexity index is 517. The minimum absolute atomic E-state index is 0.112. The number of hydrogen-bond acceptors (Lipinski definition) is 2. The van der Waals surface area contributed by atoms with Gasteiger partial charge in [0.2, 0.25) is 11.8 Å². The number of anilines is 2. The normalized spacial score (nSPS) is 27.5. The molecule has 19 heavy (non-hydrogen) atoms. The highest BCUT2D eigenvalue weighted by molar-refractivity contribution is 5.94. The highest BCUT2D eigenvalue weighted by atomic mass is 16.2. The average Bonchev–Trinajstić information content (AvgIpc) is 2.95. The van der Waals surface area contributed by atoms with Gasteiger partial charge in [-0.2, -0.15) is 0 Å². The van der Waals surface area contributed by atoms with Crippen molar-refractivity contribution in [3.63, 3.8) is 0 Å². The maximum Gasteiger partial charge on any atom is 0.227 e. The van der Waals surface area contributed by atoms with Crippen LogP contribution in [0.3, 0.4) is 0 Å². The molecule has 0 bridgehead atoms. The lowest BCUT2D eigenvalue weighted by atomic mass is 10.0. The summed E-state index contributed by atoms with van der Waals surface area (Å²) in [5.41, 5.74) is 1.45. The quantitative estimate of drug-likeness (QED) is 0.875. The van der Waals surface area contributed by atoms with Gasteiger partial charge in [-0.1, -0.05) is 6.07 Å². The Kier molecular flexibility index (Phi) is 3.01. The van der Waals surface area contributed by atoms with Crippen LogP contribution in [0.25, 0.3) is 0 Å². The van der Waals surface area contributed by atoms with Gasteiger partial charge in [0.05, 0.1) is 0 Å². The minimum atomic E-state index is -0.112. The van der Waals surface area contributed by atoms with Crippen LogP contribution in [0.15, 0.2) is 24.3 Å². The van der Waals surface area contributed by atoms with Crippen molar-refractivity contribution >= 4 is 23.2 Å². The topological polar surface area (TPSA) is 58.2 Å². The van der Waals surface area contributed by atoms with Crippen molar-refractivity contribution < 1.29 is 9.59 Å². The third-order valence-corrected chi connectivity index (χ3v) is 4.06. The van der Waals surface area contributed by atoms with Gasteiger partial charge in [-0.25, -0.2) is 0 Å². The molecule has 2 amide bonds. The molecule has 2 fully saturated rings. The molecule has 0 spiro atoms. The van der Waals surface area contributed by atoms with Gasteiger partial charge in [-0.05, 0) is 49.3 Å². The van der Waals surface area contributed by atoms with Crippen LogP contribution in [0.2, 0.25) is 0 Å². The third kappa shape index (κ3) is 2.78. The Labute approximate surface area is 112 Å². The van der Waals surface area contributed by atoms with E-state index < -0.39 is 0 Å². The zero-order valence-electron chi connectivity index (χ0n) is 11.0. The molecule has 2 saturated carbocycles. The lowest BCUT2D eigenvalue weighted by molar-refractivity contribution is -0.120. The molecule has 0 radical (unpaired) electrons. The smallest absolute Gasteiger partial charge is 0.227 e. The second-order valence-corrected chi connectivity index (χ2v) is 5.68. The van der Waals surface area contributed by atoms with E-state index in [2.05, 4.69) is 10.6 Å². The van der Waals surface area contributed by atoms with Crippen molar-refractivity contribution in [1.82, 2.24) is 0 Å². The van der Waals surface area contributed by atoms with E-state index in [1.165, 1.54) is 13.3 Å². The lowest BCUT2D eigenvalue weighted by Gasteiger charge is -2.13. The Morgan fingerprint density at radius 1 is 1.05 bits per heavy atom. The standard InChI is InChI=1S/C15H18N2O2/c1-9(18)16-13-3-2-4-14(8-13)17-15(19)12-6-10-5-11(10)7-12/h2-4,8,10-12H,5-7H2,1H3,(H,16,18)(H,17,19). The van der Waals surface area contributed by atoms with Gasteiger partial charge in [0.25, 0.3) is 0 Å². The van der Waals surface area contributed by atoms with Crippen molar-refractivity contribution in [2.24, 2.45) is 17.8 Å². The summed E-state index contributed by atoms with van der Waals surface area (Å²) in [7, 11) is 0. The maximum absolute atomic E-state index is 12.1. The van der Waals surface area contributed by atoms with E-state index in [9.17, 15) is 9.59 Å². The van der Waals surface area contributed by atoms with Crippen LogP contribution in [0.5, 0.6) is 0 Å². The molecule has 1 aromatic carbocycles. The minimum Gasteiger partial charge on any atom is -0.326 e. The van der Waals surface area contributed by atoms with Crippen LogP contribution in [0, 0.1) is 17.8 Å². The molecule has 4 heteroatoms. The second kappa shape index (κ2) is 4.68. The van der Waals surface area contributed by atoms with E-state index >= 15 is 0 Å². The van der Waals surface area contributed by atoms with Crippen LogP contribution in [0.1, 0.15) is 26.2 Å². The van der Waals surface area contributed by atoms with Crippen molar-refractivity contribution in [2.75, 3.05) is 10.6 Å². The van der Waals surface area contributed by atoms with Crippen molar-refractivity contribution in [2.45, 2.75) is 26.2 Å². The fourth-order valence-corrected chi connectivity index (χ4v) is 3.05. The number of carbonyl (C=O) groups excluding carboxylic acids is 2. The first-order valence-corrected chi connectivity index (χ1v) is 6.80. The SMILES string of the molecule is CC(=O)Nc1cccc(NC(=O)C2CC3CC3C2)c1. The number of fused-ring (bicyclic) bond motifs is 1. The number of rotatable bonds is 3. The van der Waals surface area contributed by atoms with Gasteiger partial charge < -0.3 is 10.6 Å². The number of nitrogens with one attached hydrogen (secondary N) is 2. The van der Waals surface area contributed by atoms with Crippen LogP contribution in [-0.4, -0.2) is 11.8 Å². The predicted molar refractivity (Wildman–Crippen MR) is 73.7 cm³/mol. The summed E-state index contributed by atoms with van der Waals surface area (Å²) in [5.74, 6) is 1.79. The Morgan fingerprint density at radius 2 is 1.68 bits per heavy atom. The van der Waals surface area contributed by atoms with Gasteiger partial charge in [0, 0.05) is 24.2 Å². The zero-order chi connectivity index (χ0) is 13.4. The largest absolute Gasteiger partial charge is 0.326 e. The molecule has 4 nitrogen and oxygen atoms in total. The third-order valence-electron chi connectivity index (χ3n) is 4.06. The van der Waals surface area contributed by atoms with E-state index in [0.717, 1.165) is 30.4 Å². The van der Waals surface area contributed by atoms with Crippen molar-refractivity contribution in [3.8, 4) is 0 Å². The molecule has 3 rings (SSSR count). The van der Waals surface area contributed by atoms with E-state index in [4.69, 9.17) is 0 Å². The van der Waals surface area contributed by atoms with Gasteiger partial charge in [-0.15, -0.1) is 0 Å². The second-order valence-electron chi connectivity index (χ2n) is 5.68. The number of benzene rings is 1. The molecule has 1 aromatic rings. The van der Waals surface area contributed by atoms with Crippen LogP contribution < -0.4 is 10.6 Å². The fraction of sp³-hybridized carbons (Fsp3) is 0.467. The summed E-state index contributed by atoms with van der Waals surface area (Å²) in [6.07, 6.45) is 3.41. The van der Waals surface area contributed by atoms with Crippen LogP contribution >= 0.6 is 0 Å². The molecule has 0 aliphatic heterocycles. The molecule has 2 aliphatic rings. The van der Waals surface area contributed by atoms with Crippen LogP contribution in [0.4, 0.5) is 11.4 Å². The molecule has 100 valence electrons. The number of amides is 2. The van der Waals surface area contributed by atoms with Crippen LogP contribution in [-0.2, 0) is 9.59 Å². The lowest BCUT2D eigenvalue weighted by Crippen LogP contribution is -2.21. The molecule has 0 saturated heterocycles. The zero-order valence-corrected chi connectivity index (χ0v) is 11.0. The molecule has 0 heterocycles. The monoisotopic (exact) mass is 258 g/mol. The first-order valence-electron chi connectivity index (χ1n) is 6.80. The highest BCUT2D eigenvalue weighted by Gasteiger charge is 2.47. The summed E-state index contributed by atoms with van der Waals surface area (Å²) < 4.78 is 0. The van der Waals surface area contributed by atoms with Crippen molar-refractivity contribution in [3.05, 3.63) is 24.3 Å². The summed E-state index contributed by atoms with van der Waals surface area (Å²) in [6.45, 7) is 1.47.